The second kappa shape index (κ2) is 6.31. The van der Waals surface area contributed by atoms with E-state index in [4.69, 9.17) is 16.0 Å². The number of hydrogen-bond donors (Lipinski definition) is 1. The highest BCUT2D eigenvalue weighted by atomic mass is 35.5. The Bertz CT molecular complexity index is 791. The molecule has 0 radical (unpaired) electrons. The molecule has 1 amide bonds. The minimum atomic E-state index is -0.281. The molecule has 0 aliphatic heterocycles. The molecule has 0 fully saturated rings. The molecule has 1 aromatic carbocycles. The maximum absolute atomic E-state index is 11.9. The van der Waals surface area contributed by atoms with Gasteiger partial charge in [-0.25, -0.2) is 4.98 Å². The van der Waals surface area contributed by atoms with Crippen LogP contribution in [0.1, 0.15) is 5.89 Å². The number of anilines is 1. The molecule has 110 valence electrons. The SMILES string of the molecule is O=C(Cc1nnc(-c2cnccn2)o1)Nc1cccc(Cl)c1. The third-order valence-corrected chi connectivity index (χ3v) is 2.90. The molecule has 3 aromatic rings. The first kappa shape index (κ1) is 14.2. The Morgan fingerprint density at radius 3 is 2.95 bits per heavy atom. The minimum Gasteiger partial charge on any atom is -0.419 e. The summed E-state index contributed by atoms with van der Waals surface area (Å²) in [7, 11) is 0. The molecular formula is C14H10ClN5O2. The molecule has 0 saturated heterocycles. The van der Waals surface area contributed by atoms with Gasteiger partial charge in [-0.15, -0.1) is 10.2 Å². The van der Waals surface area contributed by atoms with Crippen molar-refractivity contribution in [3.8, 4) is 11.6 Å². The summed E-state index contributed by atoms with van der Waals surface area (Å²) >= 11 is 5.85. The smallest absolute Gasteiger partial charge is 0.267 e. The summed E-state index contributed by atoms with van der Waals surface area (Å²) in [6.07, 6.45) is 4.52. The number of halogens is 1. The average Bonchev–Trinajstić information content (AvgIpc) is 2.96. The predicted octanol–water partition coefficient (Wildman–Crippen LogP) is 2.36. The minimum absolute atomic E-state index is 0.0419. The maximum Gasteiger partial charge on any atom is 0.267 e. The molecule has 0 aliphatic rings. The number of nitrogens with one attached hydrogen (secondary N) is 1. The van der Waals surface area contributed by atoms with Crippen molar-refractivity contribution >= 4 is 23.2 Å². The van der Waals surface area contributed by atoms with Gasteiger partial charge in [0.05, 0.1) is 6.20 Å². The number of aromatic nitrogens is 4. The summed E-state index contributed by atoms with van der Waals surface area (Å²) in [5.74, 6) is 0.135. The molecule has 0 bridgehead atoms. The van der Waals surface area contributed by atoms with Crippen molar-refractivity contribution in [2.45, 2.75) is 6.42 Å². The number of hydrogen-bond acceptors (Lipinski definition) is 6. The van der Waals surface area contributed by atoms with Crippen molar-refractivity contribution in [3.63, 3.8) is 0 Å². The lowest BCUT2D eigenvalue weighted by Crippen LogP contribution is -2.14. The average molecular weight is 316 g/mol. The number of benzene rings is 1. The Morgan fingerprint density at radius 1 is 1.27 bits per heavy atom. The lowest BCUT2D eigenvalue weighted by Gasteiger charge is -2.03. The fourth-order valence-electron chi connectivity index (χ4n) is 1.75. The molecule has 7 nitrogen and oxygen atoms in total. The number of amides is 1. The molecule has 0 unspecified atom stereocenters. The first-order valence-electron chi connectivity index (χ1n) is 6.35. The van der Waals surface area contributed by atoms with E-state index < -0.39 is 0 Å². The van der Waals surface area contributed by atoms with Gasteiger partial charge in [0.25, 0.3) is 5.89 Å². The van der Waals surface area contributed by atoms with Crippen LogP contribution in [0.3, 0.4) is 0 Å². The Kier molecular flexibility index (Phi) is 4.06. The molecule has 0 atom stereocenters. The zero-order chi connectivity index (χ0) is 15.4. The fourth-order valence-corrected chi connectivity index (χ4v) is 1.94. The quantitative estimate of drug-likeness (QED) is 0.794. The van der Waals surface area contributed by atoms with Gasteiger partial charge in [-0.2, -0.15) is 0 Å². The van der Waals surface area contributed by atoms with Crippen LogP contribution in [0, 0.1) is 0 Å². The molecule has 8 heteroatoms. The molecule has 0 saturated carbocycles. The summed E-state index contributed by atoms with van der Waals surface area (Å²) in [6.45, 7) is 0. The van der Waals surface area contributed by atoms with Crippen molar-refractivity contribution in [1.82, 2.24) is 20.2 Å². The van der Waals surface area contributed by atoms with Gasteiger partial charge in [0.15, 0.2) is 0 Å². The third-order valence-electron chi connectivity index (χ3n) is 2.67. The second-order valence-corrected chi connectivity index (χ2v) is 4.76. The van der Waals surface area contributed by atoms with E-state index in [-0.39, 0.29) is 24.1 Å². The Labute approximate surface area is 130 Å². The van der Waals surface area contributed by atoms with Crippen LogP contribution < -0.4 is 5.32 Å². The van der Waals surface area contributed by atoms with E-state index in [1.165, 1.54) is 12.4 Å². The van der Waals surface area contributed by atoms with Gasteiger partial charge in [-0.3, -0.25) is 9.78 Å². The molecule has 0 aliphatic carbocycles. The molecule has 2 aromatic heterocycles. The van der Waals surface area contributed by atoms with E-state index in [9.17, 15) is 4.79 Å². The Morgan fingerprint density at radius 2 is 2.18 bits per heavy atom. The normalized spacial score (nSPS) is 10.4. The third kappa shape index (κ3) is 3.44. The van der Waals surface area contributed by atoms with Crippen LogP contribution in [-0.4, -0.2) is 26.1 Å². The summed E-state index contributed by atoms with van der Waals surface area (Å²) in [5, 5.41) is 10.9. The van der Waals surface area contributed by atoms with Gasteiger partial charge in [-0.1, -0.05) is 17.7 Å². The lowest BCUT2D eigenvalue weighted by atomic mass is 10.3. The van der Waals surface area contributed by atoms with Crippen molar-refractivity contribution in [3.05, 3.63) is 53.8 Å². The summed E-state index contributed by atoms with van der Waals surface area (Å²) in [5.41, 5.74) is 1.06. The van der Waals surface area contributed by atoms with E-state index in [1.807, 2.05) is 0 Å². The fraction of sp³-hybridized carbons (Fsp3) is 0.0714. The van der Waals surface area contributed by atoms with Gasteiger partial charge in [0.2, 0.25) is 11.8 Å². The zero-order valence-corrected chi connectivity index (χ0v) is 12.0. The molecule has 3 rings (SSSR count). The van der Waals surface area contributed by atoms with Crippen molar-refractivity contribution in [2.75, 3.05) is 5.32 Å². The lowest BCUT2D eigenvalue weighted by molar-refractivity contribution is -0.115. The number of carbonyl (C=O) groups is 1. The van der Waals surface area contributed by atoms with Gasteiger partial charge < -0.3 is 9.73 Å². The summed E-state index contributed by atoms with van der Waals surface area (Å²) < 4.78 is 5.39. The van der Waals surface area contributed by atoms with Gasteiger partial charge in [-0.05, 0) is 18.2 Å². The highest BCUT2D eigenvalue weighted by Crippen LogP contribution is 2.16. The van der Waals surface area contributed by atoms with E-state index in [0.29, 0.717) is 16.4 Å². The first-order chi connectivity index (χ1) is 10.7. The number of carbonyl (C=O) groups excluding carboxylic acids is 1. The maximum atomic E-state index is 11.9. The summed E-state index contributed by atoms with van der Waals surface area (Å²) in [4.78, 5) is 19.9. The van der Waals surface area contributed by atoms with Crippen LogP contribution in [0.5, 0.6) is 0 Å². The van der Waals surface area contributed by atoms with Crippen LogP contribution in [-0.2, 0) is 11.2 Å². The predicted molar refractivity (Wildman–Crippen MR) is 79.1 cm³/mol. The van der Waals surface area contributed by atoms with Crippen LogP contribution in [0.4, 0.5) is 5.69 Å². The largest absolute Gasteiger partial charge is 0.419 e. The first-order valence-corrected chi connectivity index (χ1v) is 6.73. The molecule has 1 N–H and O–H groups in total. The summed E-state index contributed by atoms with van der Waals surface area (Å²) in [6, 6.07) is 6.86. The molecule has 0 spiro atoms. The van der Waals surface area contributed by atoms with Gasteiger partial charge in [0, 0.05) is 23.1 Å². The van der Waals surface area contributed by atoms with Crippen molar-refractivity contribution < 1.29 is 9.21 Å². The highest BCUT2D eigenvalue weighted by molar-refractivity contribution is 6.30. The number of rotatable bonds is 4. The monoisotopic (exact) mass is 315 g/mol. The molecule has 2 heterocycles. The van der Waals surface area contributed by atoms with Crippen LogP contribution in [0.25, 0.3) is 11.6 Å². The number of nitrogens with zero attached hydrogens (tertiary/aromatic N) is 4. The zero-order valence-electron chi connectivity index (χ0n) is 11.2. The van der Waals surface area contributed by atoms with Gasteiger partial charge >= 0.3 is 0 Å². The van der Waals surface area contributed by atoms with Crippen LogP contribution in [0.2, 0.25) is 5.02 Å². The topological polar surface area (TPSA) is 93.8 Å². The van der Waals surface area contributed by atoms with Crippen molar-refractivity contribution in [2.24, 2.45) is 0 Å². The Balaban J connectivity index is 1.66. The second-order valence-electron chi connectivity index (χ2n) is 4.33. The van der Waals surface area contributed by atoms with E-state index >= 15 is 0 Å². The van der Waals surface area contributed by atoms with Crippen LogP contribution in [0.15, 0.2) is 47.3 Å². The van der Waals surface area contributed by atoms with E-state index in [0.717, 1.165) is 0 Å². The van der Waals surface area contributed by atoms with Gasteiger partial charge in [0.1, 0.15) is 12.1 Å². The standard InChI is InChI=1S/C14H10ClN5O2/c15-9-2-1-3-10(6-9)18-12(21)7-13-19-20-14(22-13)11-8-16-4-5-17-11/h1-6,8H,7H2,(H,18,21). The van der Waals surface area contributed by atoms with E-state index in [1.54, 1.807) is 30.5 Å². The Hall–Kier alpha value is -2.80. The highest BCUT2D eigenvalue weighted by Gasteiger charge is 2.13. The van der Waals surface area contributed by atoms with E-state index in [2.05, 4.69) is 25.5 Å². The molecule has 22 heavy (non-hydrogen) atoms. The van der Waals surface area contributed by atoms with Crippen molar-refractivity contribution in [1.29, 1.82) is 0 Å². The molecular weight excluding hydrogens is 306 g/mol. The van der Waals surface area contributed by atoms with Crippen LogP contribution >= 0.6 is 11.6 Å².